The molecule has 2 rings (SSSR count). The molecule has 0 aliphatic rings. The molecule has 0 atom stereocenters. The van der Waals surface area contributed by atoms with Gasteiger partial charge in [0.1, 0.15) is 18.0 Å². The predicted octanol–water partition coefficient (Wildman–Crippen LogP) is 2.23. The number of nitrogens with zero attached hydrogens (tertiary/aromatic N) is 2. The quantitative estimate of drug-likeness (QED) is 0.833. The summed E-state index contributed by atoms with van der Waals surface area (Å²) in [7, 11) is 1.85. The molecular formula is C11H14N4S. The molecular weight excluding hydrogens is 220 g/mol. The Hall–Kier alpha value is -1.62. The lowest BCUT2D eigenvalue weighted by Crippen LogP contribution is -2.06. The Labute approximate surface area is 98.8 Å². The molecule has 2 N–H and O–H groups in total. The fourth-order valence-corrected chi connectivity index (χ4v) is 2.07. The number of hydrogen-bond donors (Lipinski definition) is 2. The van der Waals surface area contributed by atoms with E-state index in [0.717, 1.165) is 24.6 Å². The molecule has 0 spiro atoms. The van der Waals surface area contributed by atoms with Crippen molar-refractivity contribution in [3.05, 3.63) is 34.8 Å². The second-order valence-electron chi connectivity index (χ2n) is 3.29. The van der Waals surface area contributed by atoms with Crippen LogP contribution in [0.3, 0.4) is 0 Å². The Kier molecular flexibility index (Phi) is 3.71. The highest BCUT2D eigenvalue weighted by Crippen LogP contribution is 2.11. The van der Waals surface area contributed by atoms with Crippen LogP contribution < -0.4 is 10.6 Å². The van der Waals surface area contributed by atoms with Crippen molar-refractivity contribution in [2.45, 2.75) is 6.42 Å². The summed E-state index contributed by atoms with van der Waals surface area (Å²) in [5.74, 6) is 1.68. The van der Waals surface area contributed by atoms with Gasteiger partial charge in [0, 0.05) is 24.5 Å². The first-order valence-electron chi connectivity index (χ1n) is 5.14. The molecule has 16 heavy (non-hydrogen) atoms. The Balaban J connectivity index is 1.85. The van der Waals surface area contributed by atoms with E-state index in [4.69, 9.17) is 0 Å². The summed E-state index contributed by atoms with van der Waals surface area (Å²) < 4.78 is 0. The van der Waals surface area contributed by atoms with Gasteiger partial charge in [0.05, 0.1) is 0 Å². The summed E-state index contributed by atoms with van der Waals surface area (Å²) in [4.78, 5) is 9.59. The van der Waals surface area contributed by atoms with Crippen molar-refractivity contribution >= 4 is 23.0 Å². The minimum absolute atomic E-state index is 0.827. The highest BCUT2D eigenvalue weighted by molar-refractivity contribution is 7.09. The fraction of sp³-hybridized carbons (Fsp3) is 0.273. The van der Waals surface area contributed by atoms with Gasteiger partial charge in [-0.25, -0.2) is 9.97 Å². The Morgan fingerprint density at radius 3 is 2.94 bits per heavy atom. The highest BCUT2D eigenvalue weighted by Gasteiger charge is 1.97. The van der Waals surface area contributed by atoms with Gasteiger partial charge in [-0.2, -0.15) is 0 Å². The topological polar surface area (TPSA) is 49.8 Å². The maximum Gasteiger partial charge on any atom is 0.131 e. The second kappa shape index (κ2) is 5.46. The van der Waals surface area contributed by atoms with Crippen molar-refractivity contribution in [2.24, 2.45) is 0 Å². The first-order chi connectivity index (χ1) is 7.88. The monoisotopic (exact) mass is 234 g/mol. The van der Waals surface area contributed by atoms with Gasteiger partial charge in [0.25, 0.3) is 0 Å². The van der Waals surface area contributed by atoms with Crippen molar-refractivity contribution in [3.63, 3.8) is 0 Å². The van der Waals surface area contributed by atoms with E-state index in [1.807, 2.05) is 13.1 Å². The minimum atomic E-state index is 0.827. The molecule has 0 aliphatic heterocycles. The number of rotatable bonds is 5. The van der Waals surface area contributed by atoms with Gasteiger partial charge in [-0.1, -0.05) is 6.07 Å². The summed E-state index contributed by atoms with van der Waals surface area (Å²) in [6.45, 7) is 0.890. The van der Waals surface area contributed by atoms with E-state index < -0.39 is 0 Å². The summed E-state index contributed by atoms with van der Waals surface area (Å²) in [5, 5.41) is 8.35. The van der Waals surface area contributed by atoms with E-state index >= 15 is 0 Å². The number of nitrogens with one attached hydrogen (secondary N) is 2. The zero-order valence-corrected chi connectivity index (χ0v) is 9.92. The lowest BCUT2D eigenvalue weighted by molar-refractivity contribution is 1.02. The molecule has 4 nitrogen and oxygen atoms in total. The molecule has 0 amide bonds. The maximum absolute atomic E-state index is 4.15. The molecule has 84 valence electrons. The second-order valence-corrected chi connectivity index (χ2v) is 4.33. The van der Waals surface area contributed by atoms with Gasteiger partial charge in [-0.15, -0.1) is 11.3 Å². The molecule has 0 saturated heterocycles. The largest absolute Gasteiger partial charge is 0.373 e. The maximum atomic E-state index is 4.15. The van der Waals surface area contributed by atoms with Crippen molar-refractivity contribution in [1.29, 1.82) is 0 Å². The molecule has 5 heteroatoms. The zero-order chi connectivity index (χ0) is 11.2. The van der Waals surface area contributed by atoms with Crippen LogP contribution in [0.25, 0.3) is 0 Å². The van der Waals surface area contributed by atoms with Gasteiger partial charge in [0.15, 0.2) is 0 Å². The van der Waals surface area contributed by atoms with Gasteiger partial charge >= 0.3 is 0 Å². The average molecular weight is 234 g/mol. The molecule has 0 radical (unpaired) electrons. The van der Waals surface area contributed by atoms with Gasteiger partial charge in [0.2, 0.25) is 0 Å². The number of aromatic nitrogens is 2. The molecule has 0 aliphatic carbocycles. The van der Waals surface area contributed by atoms with E-state index in [1.165, 1.54) is 4.88 Å². The first kappa shape index (κ1) is 10.9. The van der Waals surface area contributed by atoms with Crippen molar-refractivity contribution < 1.29 is 0 Å². The van der Waals surface area contributed by atoms with Crippen LogP contribution in [0.2, 0.25) is 0 Å². The molecule has 0 unspecified atom stereocenters. The highest BCUT2D eigenvalue weighted by atomic mass is 32.1. The number of anilines is 2. The SMILES string of the molecule is CNc1cc(NCCc2cccs2)ncn1. The van der Waals surface area contributed by atoms with Crippen LogP contribution >= 0.6 is 11.3 Å². The molecule has 0 aromatic carbocycles. The normalized spacial score (nSPS) is 10.1. The van der Waals surface area contributed by atoms with Gasteiger partial charge in [-0.05, 0) is 17.9 Å². The Morgan fingerprint density at radius 1 is 1.31 bits per heavy atom. The molecule has 0 fully saturated rings. The number of hydrogen-bond acceptors (Lipinski definition) is 5. The lowest BCUT2D eigenvalue weighted by atomic mass is 10.3. The van der Waals surface area contributed by atoms with E-state index in [1.54, 1.807) is 17.7 Å². The van der Waals surface area contributed by atoms with Crippen molar-refractivity contribution in [2.75, 3.05) is 24.2 Å². The third-order valence-electron chi connectivity index (χ3n) is 2.18. The summed E-state index contributed by atoms with van der Waals surface area (Å²) in [6, 6.07) is 6.11. The molecule has 0 saturated carbocycles. The molecule has 0 bridgehead atoms. The van der Waals surface area contributed by atoms with Crippen LogP contribution in [0, 0.1) is 0 Å². The summed E-state index contributed by atoms with van der Waals surface area (Å²) in [5.41, 5.74) is 0. The average Bonchev–Trinajstić information content (AvgIpc) is 2.82. The van der Waals surface area contributed by atoms with Gasteiger partial charge in [-0.3, -0.25) is 0 Å². The Morgan fingerprint density at radius 2 is 2.19 bits per heavy atom. The summed E-state index contributed by atoms with van der Waals surface area (Å²) in [6.07, 6.45) is 2.58. The third kappa shape index (κ3) is 2.93. The predicted molar refractivity (Wildman–Crippen MR) is 68.1 cm³/mol. The van der Waals surface area contributed by atoms with E-state index in [-0.39, 0.29) is 0 Å². The van der Waals surface area contributed by atoms with Gasteiger partial charge < -0.3 is 10.6 Å². The lowest BCUT2D eigenvalue weighted by Gasteiger charge is -2.05. The first-order valence-corrected chi connectivity index (χ1v) is 6.02. The zero-order valence-electron chi connectivity index (χ0n) is 9.10. The van der Waals surface area contributed by atoms with E-state index in [0.29, 0.717) is 0 Å². The van der Waals surface area contributed by atoms with Crippen LogP contribution in [-0.4, -0.2) is 23.6 Å². The standard InChI is InChI=1S/C11H14N4S/c1-12-10-7-11(15-8-14-10)13-5-4-9-3-2-6-16-9/h2-3,6-8H,4-5H2,1H3,(H2,12,13,14,15). The van der Waals surface area contributed by atoms with E-state index in [2.05, 4.69) is 38.1 Å². The van der Waals surface area contributed by atoms with Crippen LogP contribution in [-0.2, 0) is 6.42 Å². The van der Waals surface area contributed by atoms with Crippen LogP contribution in [0.5, 0.6) is 0 Å². The van der Waals surface area contributed by atoms with E-state index in [9.17, 15) is 0 Å². The Bertz CT molecular complexity index is 427. The molecule has 2 aromatic heterocycles. The van der Waals surface area contributed by atoms with Crippen molar-refractivity contribution in [3.8, 4) is 0 Å². The smallest absolute Gasteiger partial charge is 0.131 e. The number of thiophene rings is 1. The fourth-order valence-electron chi connectivity index (χ4n) is 1.36. The summed E-state index contributed by atoms with van der Waals surface area (Å²) >= 11 is 1.78. The third-order valence-corrected chi connectivity index (χ3v) is 3.12. The van der Waals surface area contributed by atoms with Crippen LogP contribution in [0.15, 0.2) is 29.9 Å². The minimum Gasteiger partial charge on any atom is -0.373 e. The molecule has 2 aromatic rings. The van der Waals surface area contributed by atoms with Crippen LogP contribution in [0.1, 0.15) is 4.88 Å². The van der Waals surface area contributed by atoms with Crippen LogP contribution in [0.4, 0.5) is 11.6 Å². The molecule has 2 heterocycles. The van der Waals surface area contributed by atoms with Crippen molar-refractivity contribution in [1.82, 2.24) is 9.97 Å².